The Morgan fingerprint density at radius 1 is 1.18 bits per heavy atom. The normalized spacial score (nSPS) is 22.0. The first-order chi connectivity index (χ1) is 13.7. The van der Waals surface area contributed by atoms with Crippen molar-refractivity contribution in [2.75, 3.05) is 25.5 Å². The third kappa shape index (κ3) is 4.56. The largest absolute Gasteiger partial charge is 0.376 e. The van der Waals surface area contributed by atoms with Crippen molar-refractivity contribution in [2.45, 2.75) is 49.6 Å². The molecule has 2 aromatic rings. The summed E-state index contributed by atoms with van der Waals surface area (Å²) in [5, 5.41) is 4.07. The fourth-order valence-electron chi connectivity index (χ4n) is 3.62. The minimum absolute atomic E-state index is 0.0216. The maximum absolute atomic E-state index is 13.0. The van der Waals surface area contributed by atoms with Crippen LogP contribution in [0, 0.1) is 0 Å². The first kappa shape index (κ1) is 19.4. The van der Waals surface area contributed by atoms with Gasteiger partial charge >= 0.3 is 0 Å². The molecule has 2 atom stereocenters. The number of ether oxygens (including phenoxy) is 2. The van der Waals surface area contributed by atoms with Crippen molar-refractivity contribution in [3.05, 3.63) is 34.6 Å². The van der Waals surface area contributed by atoms with E-state index in [1.54, 1.807) is 10.6 Å². The number of fused-ring (bicyclic) bond motifs is 1. The zero-order valence-corrected chi connectivity index (χ0v) is 16.6. The number of nitrogens with zero attached hydrogens (tertiary/aromatic N) is 2. The van der Waals surface area contributed by atoms with Gasteiger partial charge in [-0.05, 0) is 37.8 Å². The number of hydrogen-bond acceptors (Lipinski definition) is 6. The highest BCUT2D eigenvalue weighted by molar-refractivity contribution is 7.99. The molecular weight excluding hydrogens is 378 g/mol. The lowest BCUT2D eigenvalue weighted by atomic mass is 10.2. The molecular formula is C20H25N3O4S. The average Bonchev–Trinajstić information content (AvgIpc) is 3.41. The van der Waals surface area contributed by atoms with E-state index >= 15 is 0 Å². The molecule has 0 spiro atoms. The smallest absolute Gasteiger partial charge is 0.262 e. The molecule has 1 amide bonds. The van der Waals surface area contributed by atoms with Gasteiger partial charge in [0.15, 0.2) is 5.16 Å². The van der Waals surface area contributed by atoms with Crippen molar-refractivity contribution in [1.29, 1.82) is 0 Å². The van der Waals surface area contributed by atoms with E-state index < -0.39 is 0 Å². The number of nitrogens with one attached hydrogen (secondary N) is 1. The SMILES string of the molecule is O=C(CSc1nc2ccccc2c(=O)n1C[C@H]1CCCO1)NC[C@H]1CCCO1. The number of amides is 1. The van der Waals surface area contributed by atoms with Crippen LogP contribution in [-0.4, -0.2) is 53.2 Å². The lowest BCUT2D eigenvalue weighted by Crippen LogP contribution is -2.33. The predicted octanol–water partition coefficient (Wildman–Crippen LogP) is 1.96. The molecule has 2 aliphatic heterocycles. The van der Waals surface area contributed by atoms with Crippen LogP contribution in [-0.2, 0) is 20.8 Å². The van der Waals surface area contributed by atoms with Crippen molar-refractivity contribution < 1.29 is 14.3 Å². The second-order valence-corrected chi connectivity index (χ2v) is 8.13. The minimum Gasteiger partial charge on any atom is -0.376 e. The highest BCUT2D eigenvalue weighted by Crippen LogP contribution is 2.21. The summed E-state index contributed by atoms with van der Waals surface area (Å²) in [4.78, 5) is 29.9. The second-order valence-electron chi connectivity index (χ2n) is 7.19. The molecule has 150 valence electrons. The summed E-state index contributed by atoms with van der Waals surface area (Å²) in [5.74, 6) is 0.134. The van der Waals surface area contributed by atoms with E-state index in [9.17, 15) is 9.59 Å². The number of hydrogen-bond donors (Lipinski definition) is 1. The molecule has 0 unspecified atom stereocenters. The quantitative estimate of drug-likeness (QED) is 0.562. The second kappa shape index (κ2) is 9.07. The maximum atomic E-state index is 13.0. The summed E-state index contributed by atoms with van der Waals surface area (Å²) in [6.07, 6.45) is 4.12. The van der Waals surface area contributed by atoms with Crippen LogP contribution in [0.25, 0.3) is 10.9 Å². The molecule has 1 N–H and O–H groups in total. The number of para-hydroxylation sites is 1. The predicted molar refractivity (Wildman–Crippen MR) is 108 cm³/mol. The summed E-state index contributed by atoms with van der Waals surface area (Å²) in [5.41, 5.74) is 0.571. The summed E-state index contributed by atoms with van der Waals surface area (Å²) in [6.45, 7) is 2.50. The molecule has 0 aliphatic carbocycles. The Labute approximate surface area is 167 Å². The molecule has 3 heterocycles. The highest BCUT2D eigenvalue weighted by Gasteiger charge is 2.21. The Hall–Kier alpha value is -1.90. The number of carbonyl (C=O) groups excluding carboxylic acids is 1. The average molecular weight is 404 g/mol. The van der Waals surface area contributed by atoms with Crippen molar-refractivity contribution >= 4 is 28.6 Å². The monoisotopic (exact) mass is 403 g/mol. The summed E-state index contributed by atoms with van der Waals surface area (Å²) >= 11 is 1.29. The van der Waals surface area contributed by atoms with Crippen LogP contribution >= 0.6 is 11.8 Å². The fraction of sp³-hybridized carbons (Fsp3) is 0.550. The van der Waals surface area contributed by atoms with Gasteiger partial charge < -0.3 is 14.8 Å². The summed E-state index contributed by atoms with van der Waals surface area (Å²) in [6, 6.07) is 7.32. The van der Waals surface area contributed by atoms with Crippen LogP contribution in [0.4, 0.5) is 0 Å². The lowest BCUT2D eigenvalue weighted by molar-refractivity contribution is -0.119. The van der Waals surface area contributed by atoms with Crippen LogP contribution < -0.4 is 10.9 Å². The molecule has 8 heteroatoms. The molecule has 7 nitrogen and oxygen atoms in total. The Morgan fingerprint density at radius 2 is 1.93 bits per heavy atom. The molecule has 4 rings (SSSR count). The van der Waals surface area contributed by atoms with Gasteiger partial charge in [0, 0.05) is 19.8 Å². The number of aromatic nitrogens is 2. The van der Waals surface area contributed by atoms with Crippen molar-refractivity contribution in [1.82, 2.24) is 14.9 Å². The van der Waals surface area contributed by atoms with Crippen LogP contribution in [0.5, 0.6) is 0 Å². The zero-order valence-electron chi connectivity index (χ0n) is 15.8. The molecule has 2 aliphatic rings. The minimum atomic E-state index is -0.0802. The van der Waals surface area contributed by atoms with Crippen molar-refractivity contribution in [2.24, 2.45) is 0 Å². The number of rotatable bonds is 7. The third-order valence-electron chi connectivity index (χ3n) is 5.12. The molecule has 2 saturated heterocycles. The first-order valence-corrected chi connectivity index (χ1v) is 10.8. The Morgan fingerprint density at radius 3 is 2.68 bits per heavy atom. The number of benzene rings is 1. The molecule has 0 saturated carbocycles. The molecule has 0 bridgehead atoms. The maximum Gasteiger partial charge on any atom is 0.262 e. The van der Waals surface area contributed by atoms with Gasteiger partial charge in [-0.3, -0.25) is 14.2 Å². The first-order valence-electron chi connectivity index (χ1n) is 9.83. The lowest BCUT2D eigenvalue weighted by Gasteiger charge is -2.16. The van der Waals surface area contributed by atoms with Crippen LogP contribution in [0.3, 0.4) is 0 Å². The molecule has 1 aromatic heterocycles. The van der Waals surface area contributed by atoms with E-state index in [-0.39, 0.29) is 29.4 Å². The summed E-state index contributed by atoms with van der Waals surface area (Å²) < 4.78 is 12.9. The molecule has 2 fully saturated rings. The van der Waals surface area contributed by atoms with E-state index in [1.165, 1.54) is 11.8 Å². The fourth-order valence-corrected chi connectivity index (χ4v) is 4.46. The van der Waals surface area contributed by atoms with Gasteiger partial charge in [0.2, 0.25) is 5.91 Å². The van der Waals surface area contributed by atoms with Gasteiger partial charge in [-0.1, -0.05) is 23.9 Å². The number of thioether (sulfide) groups is 1. The summed E-state index contributed by atoms with van der Waals surface area (Å²) in [7, 11) is 0. The van der Waals surface area contributed by atoms with Crippen LogP contribution in [0.1, 0.15) is 25.7 Å². The van der Waals surface area contributed by atoms with Gasteiger partial charge in [0.25, 0.3) is 5.56 Å². The number of carbonyl (C=O) groups is 1. The Balaban J connectivity index is 1.49. The third-order valence-corrected chi connectivity index (χ3v) is 6.10. The van der Waals surface area contributed by atoms with Crippen molar-refractivity contribution in [3.63, 3.8) is 0 Å². The standard InChI is InChI=1S/C20H25N3O4S/c24-18(21-11-14-5-3-9-26-14)13-28-20-22-17-8-2-1-7-16(17)19(25)23(20)12-15-6-4-10-27-15/h1-2,7-8,14-15H,3-6,9-13H2,(H,21,24)/t14-,15-/m1/s1. The van der Waals surface area contributed by atoms with E-state index in [2.05, 4.69) is 10.3 Å². The molecule has 0 radical (unpaired) electrons. The van der Waals surface area contributed by atoms with Crippen LogP contribution in [0.15, 0.2) is 34.2 Å². The van der Waals surface area contributed by atoms with Gasteiger partial charge in [-0.15, -0.1) is 0 Å². The van der Waals surface area contributed by atoms with E-state index in [1.807, 2.05) is 18.2 Å². The van der Waals surface area contributed by atoms with E-state index in [0.29, 0.717) is 29.1 Å². The highest BCUT2D eigenvalue weighted by atomic mass is 32.2. The van der Waals surface area contributed by atoms with E-state index in [4.69, 9.17) is 9.47 Å². The Kier molecular flexibility index (Phi) is 6.29. The molecule has 1 aromatic carbocycles. The topological polar surface area (TPSA) is 82.5 Å². The van der Waals surface area contributed by atoms with Gasteiger partial charge in [0.1, 0.15) is 0 Å². The van der Waals surface area contributed by atoms with Gasteiger partial charge in [-0.2, -0.15) is 0 Å². The van der Waals surface area contributed by atoms with Gasteiger partial charge in [-0.25, -0.2) is 4.98 Å². The van der Waals surface area contributed by atoms with Gasteiger partial charge in [0.05, 0.1) is 35.4 Å². The zero-order chi connectivity index (χ0) is 19.3. The Bertz CT molecular complexity index is 889. The molecule has 28 heavy (non-hydrogen) atoms. The van der Waals surface area contributed by atoms with Crippen LogP contribution in [0.2, 0.25) is 0 Å². The van der Waals surface area contributed by atoms with E-state index in [0.717, 1.165) is 38.9 Å². The van der Waals surface area contributed by atoms with Crippen molar-refractivity contribution in [3.8, 4) is 0 Å².